The van der Waals surface area contributed by atoms with Crippen LogP contribution >= 0.6 is 11.6 Å². The summed E-state index contributed by atoms with van der Waals surface area (Å²) in [6, 6.07) is 7.70. The summed E-state index contributed by atoms with van der Waals surface area (Å²) in [7, 11) is 0. The fourth-order valence-electron chi connectivity index (χ4n) is 1.79. The minimum atomic E-state index is 0.0691. The van der Waals surface area contributed by atoms with Crippen LogP contribution in [0.15, 0.2) is 24.3 Å². The number of ether oxygens (including phenoxy) is 1. The predicted octanol–water partition coefficient (Wildman–Crippen LogP) is 2.84. The van der Waals surface area contributed by atoms with Gasteiger partial charge in [0.2, 0.25) is 0 Å². The average Bonchev–Trinajstić information content (AvgIpc) is 2.21. The minimum Gasteiger partial charge on any atom is -0.490 e. The van der Waals surface area contributed by atoms with E-state index in [0.717, 1.165) is 17.2 Å². The van der Waals surface area contributed by atoms with E-state index in [9.17, 15) is 0 Å². The van der Waals surface area contributed by atoms with Crippen LogP contribution in [0.2, 0.25) is 5.02 Å². The van der Waals surface area contributed by atoms with Gasteiger partial charge in [-0.05, 0) is 24.3 Å². The highest BCUT2D eigenvalue weighted by atomic mass is 35.5. The first-order valence-corrected chi connectivity index (χ1v) is 5.56. The summed E-state index contributed by atoms with van der Waals surface area (Å²) in [6.45, 7) is 4.28. The molecule has 0 amide bonds. The Balaban J connectivity index is 2.02. The molecule has 1 aromatic carbocycles. The molecule has 0 aromatic heterocycles. The Hall–Kier alpha value is -0.730. The maximum atomic E-state index is 5.92. The van der Waals surface area contributed by atoms with E-state index >= 15 is 0 Å². The largest absolute Gasteiger partial charge is 0.490 e. The molecule has 0 saturated heterocycles. The summed E-state index contributed by atoms with van der Waals surface area (Å²) >= 11 is 5.80. The Morgan fingerprint density at radius 1 is 1.33 bits per heavy atom. The highest BCUT2D eigenvalue weighted by Crippen LogP contribution is 2.41. The monoisotopic (exact) mass is 225 g/mol. The highest BCUT2D eigenvalue weighted by molar-refractivity contribution is 6.30. The molecule has 2 rings (SSSR count). The first-order chi connectivity index (χ1) is 7.00. The molecule has 1 aromatic rings. The van der Waals surface area contributed by atoms with Gasteiger partial charge in [0.1, 0.15) is 11.9 Å². The molecule has 2 nitrogen and oxygen atoms in total. The van der Waals surface area contributed by atoms with E-state index in [0.29, 0.717) is 0 Å². The smallest absolute Gasteiger partial charge is 0.119 e. The van der Waals surface area contributed by atoms with Crippen molar-refractivity contribution in [3.63, 3.8) is 0 Å². The molecule has 1 aliphatic rings. The normalized spacial score (nSPS) is 28.3. The maximum Gasteiger partial charge on any atom is 0.119 e. The summed E-state index contributed by atoms with van der Waals surface area (Å²) in [5, 5.41) is 0.729. The molecular weight excluding hydrogens is 210 g/mol. The number of halogens is 1. The molecule has 0 radical (unpaired) electrons. The quantitative estimate of drug-likeness (QED) is 0.840. The minimum absolute atomic E-state index is 0.0691. The number of rotatable bonds is 2. The summed E-state index contributed by atoms with van der Waals surface area (Å²) < 4.78 is 5.85. The second-order valence-corrected chi connectivity index (χ2v) is 5.16. The zero-order valence-electron chi connectivity index (χ0n) is 9.03. The van der Waals surface area contributed by atoms with Gasteiger partial charge in [0.15, 0.2) is 0 Å². The van der Waals surface area contributed by atoms with Gasteiger partial charge in [-0.15, -0.1) is 0 Å². The summed E-state index contributed by atoms with van der Waals surface area (Å²) in [5.41, 5.74) is 5.99. The van der Waals surface area contributed by atoms with Crippen molar-refractivity contribution < 1.29 is 4.74 Å². The first-order valence-electron chi connectivity index (χ1n) is 5.18. The fraction of sp³-hybridized carbons (Fsp3) is 0.500. The Bertz CT molecular complexity index is 347. The standard InChI is InChI=1S/C12H16ClNO/c1-12(2)10(14)7-11(12)15-9-5-3-8(13)4-6-9/h3-6,10-11H,7,14H2,1-2H3. The van der Waals surface area contributed by atoms with Gasteiger partial charge < -0.3 is 10.5 Å². The van der Waals surface area contributed by atoms with Gasteiger partial charge in [0.25, 0.3) is 0 Å². The molecule has 0 heterocycles. The lowest BCUT2D eigenvalue weighted by atomic mass is 9.65. The molecule has 1 aliphatic carbocycles. The van der Waals surface area contributed by atoms with Crippen molar-refractivity contribution in [2.75, 3.05) is 0 Å². The molecule has 0 aliphatic heterocycles. The number of hydrogen-bond donors (Lipinski definition) is 1. The van der Waals surface area contributed by atoms with E-state index in [1.165, 1.54) is 0 Å². The predicted molar refractivity (Wildman–Crippen MR) is 62.2 cm³/mol. The second-order valence-electron chi connectivity index (χ2n) is 4.72. The van der Waals surface area contributed by atoms with Crippen LogP contribution in [-0.4, -0.2) is 12.1 Å². The van der Waals surface area contributed by atoms with Crippen molar-refractivity contribution in [3.05, 3.63) is 29.3 Å². The molecule has 1 saturated carbocycles. The van der Waals surface area contributed by atoms with Crippen molar-refractivity contribution in [2.24, 2.45) is 11.1 Å². The summed E-state index contributed by atoms with van der Waals surface area (Å²) in [5.74, 6) is 0.865. The van der Waals surface area contributed by atoms with Crippen molar-refractivity contribution in [2.45, 2.75) is 32.4 Å². The van der Waals surface area contributed by atoms with Crippen molar-refractivity contribution in [1.29, 1.82) is 0 Å². The molecule has 1 fully saturated rings. The van der Waals surface area contributed by atoms with E-state index in [1.54, 1.807) is 0 Å². The third-order valence-electron chi connectivity index (χ3n) is 3.35. The van der Waals surface area contributed by atoms with E-state index in [1.807, 2.05) is 24.3 Å². The molecule has 15 heavy (non-hydrogen) atoms. The van der Waals surface area contributed by atoms with Gasteiger partial charge >= 0.3 is 0 Å². The molecule has 82 valence electrons. The van der Waals surface area contributed by atoms with Gasteiger partial charge in [-0.25, -0.2) is 0 Å². The van der Waals surface area contributed by atoms with E-state index in [-0.39, 0.29) is 17.6 Å². The fourth-order valence-corrected chi connectivity index (χ4v) is 1.92. The van der Waals surface area contributed by atoms with Crippen LogP contribution in [0.5, 0.6) is 5.75 Å². The zero-order valence-corrected chi connectivity index (χ0v) is 9.79. The Morgan fingerprint density at radius 3 is 2.40 bits per heavy atom. The first kappa shape index (κ1) is 10.8. The summed E-state index contributed by atoms with van der Waals surface area (Å²) in [6.07, 6.45) is 1.14. The van der Waals surface area contributed by atoms with Crippen LogP contribution < -0.4 is 10.5 Å². The van der Waals surface area contributed by atoms with Gasteiger partial charge in [-0.3, -0.25) is 0 Å². The number of hydrogen-bond acceptors (Lipinski definition) is 2. The highest BCUT2D eigenvalue weighted by Gasteiger charge is 2.47. The molecule has 3 heteroatoms. The number of benzene rings is 1. The third-order valence-corrected chi connectivity index (χ3v) is 3.60. The number of nitrogens with two attached hydrogens (primary N) is 1. The van der Waals surface area contributed by atoms with Crippen LogP contribution in [0.25, 0.3) is 0 Å². The van der Waals surface area contributed by atoms with Gasteiger partial charge in [-0.1, -0.05) is 25.4 Å². The van der Waals surface area contributed by atoms with Crippen molar-refractivity contribution in [1.82, 2.24) is 0 Å². The lowest BCUT2D eigenvalue weighted by Gasteiger charge is -2.49. The molecule has 2 atom stereocenters. The van der Waals surface area contributed by atoms with Crippen LogP contribution in [0.4, 0.5) is 0 Å². The van der Waals surface area contributed by atoms with E-state index in [2.05, 4.69) is 13.8 Å². The maximum absolute atomic E-state index is 5.92. The summed E-state index contributed by atoms with van der Waals surface area (Å²) in [4.78, 5) is 0. The molecule has 2 unspecified atom stereocenters. The van der Waals surface area contributed by atoms with Gasteiger partial charge in [0.05, 0.1) is 0 Å². The average molecular weight is 226 g/mol. The molecule has 0 spiro atoms. The lowest BCUT2D eigenvalue weighted by molar-refractivity contribution is -0.0399. The Labute approximate surface area is 95.4 Å². The van der Waals surface area contributed by atoms with Crippen molar-refractivity contribution >= 4 is 11.6 Å². The van der Waals surface area contributed by atoms with Gasteiger partial charge in [0, 0.05) is 22.9 Å². The molecule has 2 N–H and O–H groups in total. The Kier molecular flexibility index (Phi) is 2.65. The van der Waals surface area contributed by atoms with Crippen LogP contribution in [0.1, 0.15) is 20.3 Å². The van der Waals surface area contributed by atoms with Crippen LogP contribution in [0.3, 0.4) is 0 Å². The SMILES string of the molecule is CC1(C)C(N)CC1Oc1ccc(Cl)cc1. The van der Waals surface area contributed by atoms with E-state index < -0.39 is 0 Å². The van der Waals surface area contributed by atoms with Gasteiger partial charge in [-0.2, -0.15) is 0 Å². The van der Waals surface area contributed by atoms with Crippen LogP contribution in [-0.2, 0) is 0 Å². The zero-order chi connectivity index (χ0) is 11.1. The molecule has 0 bridgehead atoms. The third kappa shape index (κ3) is 1.97. The van der Waals surface area contributed by atoms with E-state index in [4.69, 9.17) is 22.1 Å². The van der Waals surface area contributed by atoms with Crippen LogP contribution in [0, 0.1) is 5.41 Å². The lowest BCUT2D eigenvalue weighted by Crippen LogP contribution is -2.60. The topological polar surface area (TPSA) is 35.2 Å². The Morgan fingerprint density at radius 2 is 1.93 bits per heavy atom. The second kappa shape index (κ2) is 3.69. The van der Waals surface area contributed by atoms with Crippen molar-refractivity contribution in [3.8, 4) is 5.75 Å². The molecular formula is C12H16ClNO.